The summed E-state index contributed by atoms with van der Waals surface area (Å²) in [6.07, 6.45) is 3.82. The first-order valence-electron chi connectivity index (χ1n) is 6.54. The molecule has 4 atom stereocenters. The second-order valence-electron chi connectivity index (χ2n) is 5.60. The Morgan fingerprint density at radius 3 is 2.89 bits per heavy atom. The molecule has 0 radical (unpaired) electrons. The highest BCUT2D eigenvalue weighted by molar-refractivity contribution is 7.18. The lowest BCUT2D eigenvalue weighted by molar-refractivity contribution is 0.365. The van der Waals surface area contributed by atoms with E-state index in [1.165, 1.54) is 31.4 Å². The Labute approximate surface area is 109 Å². The maximum absolute atomic E-state index is 13.2. The molecule has 1 aromatic carbocycles. The fraction of sp³-hybridized carbons (Fsp3) is 0.500. The normalized spacial score (nSPS) is 34.6. The second-order valence-corrected chi connectivity index (χ2v) is 6.66. The molecule has 1 heterocycles. The maximum atomic E-state index is 13.2. The largest absolute Gasteiger partial charge is 0.327 e. The highest BCUT2D eigenvalue weighted by Gasteiger charge is 2.47. The maximum Gasteiger partial charge on any atom is 0.125 e. The number of fused-ring (bicyclic) bond motifs is 3. The lowest BCUT2D eigenvalue weighted by Crippen LogP contribution is -2.33. The quantitative estimate of drug-likeness (QED) is 0.856. The first-order chi connectivity index (χ1) is 8.72. The van der Waals surface area contributed by atoms with Crippen molar-refractivity contribution in [1.29, 1.82) is 0 Å². The molecule has 2 bridgehead atoms. The van der Waals surface area contributed by atoms with Gasteiger partial charge in [0.2, 0.25) is 0 Å². The number of aromatic nitrogens is 1. The third kappa shape index (κ3) is 1.45. The van der Waals surface area contributed by atoms with Crippen LogP contribution >= 0.6 is 11.3 Å². The van der Waals surface area contributed by atoms with Gasteiger partial charge >= 0.3 is 0 Å². The van der Waals surface area contributed by atoms with Crippen LogP contribution < -0.4 is 5.73 Å². The fourth-order valence-corrected chi connectivity index (χ4v) is 4.96. The van der Waals surface area contributed by atoms with Gasteiger partial charge in [-0.25, -0.2) is 9.37 Å². The first-order valence-corrected chi connectivity index (χ1v) is 7.35. The molecule has 2 saturated carbocycles. The summed E-state index contributed by atoms with van der Waals surface area (Å²) in [5.41, 5.74) is 7.12. The number of thiazole rings is 1. The van der Waals surface area contributed by atoms with Gasteiger partial charge in [-0.3, -0.25) is 0 Å². The third-order valence-electron chi connectivity index (χ3n) is 4.63. The molecule has 2 aliphatic carbocycles. The van der Waals surface area contributed by atoms with Crippen molar-refractivity contribution in [2.45, 2.75) is 31.2 Å². The van der Waals surface area contributed by atoms with Crippen molar-refractivity contribution in [3.8, 4) is 0 Å². The Kier molecular flexibility index (Phi) is 2.26. The summed E-state index contributed by atoms with van der Waals surface area (Å²) < 4.78 is 14.3. The van der Waals surface area contributed by atoms with E-state index in [2.05, 4.69) is 4.98 Å². The number of halogens is 1. The Hall–Kier alpha value is -1.00. The minimum absolute atomic E-state index is 0.211. The lowest BCUT2D eigenvalue weighted by atomic mass is 9.85. The number of hydrogen-bond donors (Lipinski definition) is 1. The molecule has 4 rings (SSSR count). The van der Waals surface area contributed by atoms with Crippen LogP contribution in [0.25, 0.3) is 10.2 Å². The number of benzene rings is 1. The average Bonchev–Trinajstić information content (AvgIpc) is 3.00. The molecular formula is C14H15FN2S. The summed E-state index contributed by atoms with van der Waals surface area (Å²) in [4.78, 5) is 4.62. The molecule has 18 heavy (non-hydrogen) atoms. The second kappa shape index (κ2) is 3.75. The zero-order chi connectivity index (χ0) is 12.3. The van der Waals surface area contributed by atoms with Gasteiger partial charge in [0, 0.05) is 18.0 Å². The Morgan fingerprint density at radius 1 is 1.28 bits per heavy atom. The summed E-state index contributed by atoms with van der Waals surface area (Å²) in [5.74, 6) is 1.58. The number of nitrogens with two attached hydrogens (primary N) is 1. The highest BCUT2D eigenvalue weighted by Crippen LogP contribution is 2.53. The van der Waals surface area contributed by atoms with E-state index in [1.54, 1.807) is 11.3 Å². The van der Waals surface area contributed by atoms with Gasteiger partial charge in [-0.1, -0.05) is 0 Å². The van der Waals surface area contributed by atoms with Crippen molar-refractivity contribution in [3.63, 3.8) is 0 Å². The molecule has 0 saturated heterocycles. The van der Waals surface area contributed by atoms with E-state index < -0.39 is 0 Å². The Bertz CT molecular complexity index is 607. The minimum Gasteiger partial charge on any atom is -0.327 e. The summed E-state index contributed by atoms with van der Waals surface area (Å²) in [6.45, 7) is 0. The minimum atomic E-state index is -0.211. The molecule has 2 N–H and O–H groups in total. The summed E-state index contributed by atoms with van der Waals surface area (Å²) in [7, 11) is 0. The van der Waals surface area contributed by atoms with E-state index in [0.717, 1.165) is 15.2 Å². The molecule has 0 aliphatic heterocycles. The van der Waals surface area contributed by atoms with Crippen LogP contribution in [0.3, 0.4) is 0 Å². The van der Waals surface area contributed by atoms with Crippen LogP contribution in [-0.2, 0) is 0 Å². The van der Waals surface area contributed by atoms with Gasteiger partial charge in [0.15, 0.2) is 0 Å². The summed E-state index contributed by atoms with van der Waals surface area (Å²) >= 11 is 1.69. The first kappa shape index (κ1) is 10.9. The zero-order valence-electron chi connectivity index (χ0n) is 9.97. The van der Waals surface area contributed by atoms with Crippen molar-refractivity contribution >= 4 is 21.6 Å². The van der Waals surface area contributed by atoms with Crippen molar-refractivity contribution in [2.24, 2.45) is 17.6 Å². The van der Waals surface area contributed by atoms with Crippen molar-refractivity contribution in [2.75, 3.05) is 0 Å². The molecule has 1 aromatic heterocycles. The SMILES string of the molecule is NC1C2CCC(C2)C1c1nc2cc(F)ccc2s1. The molecule has 4 heteroatoms. The van der Waals surface area contributed by atoms with Gasteiger partial charge in [0.05, 0.1) is 15.2 Å². The van der Waals surface area contributed by atoms with Crippen LogP contribution in [0.1, 0.15) is 30.2 Å². The van der Waals surface area contributed by atoms with Gasteiger partial charge < -0.3 is 5.73 Å². The topological polar surface area (TPSA) is 38.9 Å². The van der Waals surface area contributed by atoms with E-state index in [1.807, 2.05) is 6.07 Å². The van der Waals surface area contributed by atoms with Crippen LogP contribution in [-0.4, -0.2) is 11.0 Å². The van der Waals surface area contributed by atoms with Crippen LogP contribution in [0, 0.1) is 17.7 Å². The molecular weight excluding hydrogens is 247 g/mol. The Balaban J connectivity index is 1.78. The lowest BCUT2D eigenvalue weighted by Gasteiger charge is -2.26. The molecule has 4 unspecified atom stereocenters. The molecule has 2 aromatic rings. The Morgan fingerprint density at radius 2 is 2.11 bits per heavy atom. The molecule has 0 amide bonds. The summed E-state index contributed by atoms with van der Waals surface area (Å²) in [5, 5.41) is 1.12. The van der Waals surface area contributed by atoms with E-state index >= 15 is 0 Å². The van der Waals surface area contributed by atoms with Gasteiger partial charge in [0.25, 0.3) is 0 Å². The smallest absolute Gasteiger partial charge is 0.125 e. The fourth-order valence-electron chi connectivity index (χ4n) is 3.76. The molecule has 2 nitrogen and oxygen atoms in total. The predicted molar refractivity (Wildman–Crippen MR) is 71.1 cm³/mol. The third-order valence-corrected chi connectivity index (χ3v) is 5.77. The van der Waals surface area contributed by atoms with Gasteiger partial charge in [-0.15, -0.1) is 11.3 Å². The van der Waals surface area contributed by atoms with Gasteiger partial charge in [0.1, 0.15) is 5.82 Å². The van der Waals surface area contributed by atoms with Crippen molar-refractivity contribution in [1.82, 2.24) is 4.98 Å². The van der Waals surface area contributed by atoms with Crippen LogP contribution in [0.2, 0.25) is 0 Å². The summed E-state index contributed by atoms with van der Waals surface area (Å²) in [6, 6.07) is 5.11. The van der Waals surface area contributed by atoms with Crippen LogP contribution in [0.15, 0.2) is 18.2 Å². The molecule has 94 valence electrons. The van der Waals surface area contributed by atoms with Crippen molar-refractivity contribution < 1.29 is 4.39 Å². The van der Waals surface area contributed by atoms with E-state index in [4.69, 9.17) is 5.73 Å². The number of rotatable bonds is 1. The monoisotopic (exact) mass is 262 g/mol. The van der Waals surface area contributed by atoms with Crippen molar-refractivity contribution in [3.05, 3.63) is 29.0 Å². The van der Waals surface area contributed by atoms with E-state index in [0.29, 0.717) is 17.8 Å². The number of hydrogen-bond acceptors (Lipinski definition) is 3. The van der Waals surface area contributed by atoms with Crippen LogP contribution in [0.4, 0.5) is 4.39 Å². The molecule has 2 fully saturated rings. The van der Waals surface area contributed by atoms with Gasteiger partial charge in [-0.05, 0) is 43.2 Å². The molecule has 0 spiro atoms. The standard InChI is InChI=1S/C14H15FN2S/c15-9-3-4-11-10(6-9)17-14(18-11)12-7-1-2-8(5-7)13(12)16/h3-4,6-8,12-13H,1-2,5,16H2. The van der Waals surface area contributed by atoms with Gasteiger partial charge in [-0.2, -0.15) is 0 Å². The highest BCUT2D eigenvalue weighted by atomic mass is 32.1. The predicted octanol–water partition coefficient (Wildman–Crippen LogP) is 3.28. The molecule has 2 aliphatic rings. The van der Waals surface area contributed by atoms with Crippen LogP contribution in [0.5, 0.6) is 0 Å². The van der Waals surface area contributed by atoms with E-state index in [-0.39, 0.29) is 11.9 Å². The number of nitrogens with zero attached hydrogens (tertiary/aromatic N) is 1. The average molecular weight is 262 g/mol. The zero-order valence-corrected chi connectivity index (χ0v) is 10.8. The van der Waals surface area contributed by atoms with E-state index in [9.17, 15) is 4.39 Å².